The first-order valence-electron chi connectivity index (χ1n) is 10.4. The second-order valence-electron chi connectivity index (χ2n) is 10.1. The molecule has 0 heterocycles. The number of nitrogens with zero attached hydrogens (tertiary/aromatic N) is 1. The van der Waals surface area contributed by atoms with Crippen LogP contribution >= 0.6 is 22.6 Å². The molecule has 0 aromatic heterocycles. The van der Waals surface area contributed by atoms with Crippen LogP contribution in [0.3, 0.4) is 0 Å². The standard InChI is InChI=1S/C21H38INO8/c1-18(2,3)29-15(24)9-12-21(23(27)28,13-10-16(25)30-19(4,5)6)14-11-17(26)31-20(7,8)22/h17,26H,9-14H2,1-8H3. The van der Waals surface area contributed by atoms with E-state index in [2.05, 4.69) is 0 Å². The van der Waals surface area contributed by atoms with Gasteiger partial charge >= 0.3 is 11.9 Å². The van der Waals surface area contributed by atoms with E-state index in [1.54, 1.807) is 55.4 Å². The number of halogens is 1. The van der Waals surface area contributed by atoms with Crippen LogP contribution in [-0.2, 0) is 23.8 Å². The Morgan fingerprint density at radius 1 is 0.903 bits per heavy atom. The van der Waals surface area contributed by atoms with Gasteiger partial charge in [0.2, 0.25) is 5.54 Å². The van der Waals surface area contributed by atoms with Gasteiger partial charge in [0, 0.05) is 30.6 Å². The van der Waals surface area contributed by atoms with Crippen LogP contribution in [0.25, 0.3) is 0 Å². The van der Waals surface area contributed by atoms with Crippen LogP contribution < -0.4 is 0 Å². The Labute approximate surface area is 198 Å². The van der Waals surface area contributed by atoms with Gasteiger partial charge in [-0.15, -0.1) is 0 Å². The van der Waals surface area contributed by atoms with E-state index in [1.807, 2.05) is 22.6 Å². The number of ether oxygens (including phenoxy) is 3. The molecule has 1 unspecified atom stereocenters. The molecule has 1 N–H and O–H groups in total. The van der Waals surface area contributed by atoms with E-state index < -0.39 is 43.5 Å². The minimum atomic E-state index is -1.60. The molecule has 9 nitrogen and oxygen atoms in total. The Bertz CT molecular complexity index is 584. The molecule has 0 aliphatic rings. The number of nitro groups is 1. The molecule has 0 saturated heterocycles. The summed E-state index contributed by atoms with van der Waals surface area (Å²) in [5.74, 6) is -1.11. The van der Waals surface area contributed by atoms with Crippen molar-refractivity contribution in [2.24, 2.45) is 0 Å². The second-order valence-corrected chi connectivity index (χ2v) is 12.7. The van der Waals surface area contributed by atoms with E-state index in [9.17, 15) is 24.8 Å². The number of carbonyl (C=O) groups is 2. The molecular formula is C21H38INO8. The van der Waals surface area contributed by atoms with Crippen molar-refractivity contribution in [1.82, 2.24) is 0 Å². The zero-order valence-electron chi connectivity index (χ0n) is 20.0. The molecule has 0 fully saturated rings. The summed E-state index contributed by atoms with van der Waals surface area (Å²) in [6, 6.07) is 0. The molecule has 0 aromatic rings. The molecule has 0 aromatic carbocycles. The number of aliphatic hydroxyl groups is 1. The van der Waals surface area contributed by atoms with Gasteiger partial charge in [-0.25, -0.2) is 0 Å². The lowest BCUT2D eigenvalue weighted by Crippen LogP contribution is -2.41. The van der Waals surface area contributed by atoms with Gasteiger partial charge in [0.15, 0.2) is 6.29 Å². The van der Waals surface area contributed by atoms with Crippen LogP contribution in [0.5, 0.6) is 0 Å². The SMILES string of the molecule is CC(C)(C)OC(=O)CCC(CCC(=O)OC(C)(C)C)(CCC(O)OC(C)(C)I)[N+](=O)[O-]. The van der Waals surface area contributed by atoms with Crippen molar-refractivity contribution in [3.05, 3.63) is 10.1 Å². The van der Waals surface area contributed by atoms with Crippen molar-refractivity contribution in [2.45, 2.75) is 121 Å². The summed E-state index contributed by atoms with van der Waals surface area (Å²) in [5.41, 5.74) is -3.02. The third-order valence-corrected chi connectivity index (χ3v) is 4.34. The molecule has 0 saturated carbocycles. The highest BCUT2D eigenvalue weighted by Gasteiger charge is 2.44. The molecule has 0 spiro atoms. The van der Waals surface area contributed by atoms with E-state index in [1.165, 1.54) is 0 Å². The van der Waals surface area contributed by atoms with Gasteiger partial charge in [-0.3, -0.25) is 19.7 Å². The highest BCUT2D eigenvalue weighted by Crippen LogP contribution is 2.32. The number of carbonyl (C=O) groups excluding carboxylic acids is 2. The lowest BCUT2D eigenvalue weighted by molar-refractivity contribution is -0.574. The van der Waals surface area contributed by atoms with Gasteiger partial charge in [-0.2, -0.15) is 0 Å². The normalized spacial score (nSPS) is 14.1. The first kappa shape index (κ1) is 30.0. The number of hydrogen-bond acceptors (Lipinski definition) is 8. The molecule has 0 amide bonds. The fraction of sp³-hybridized carbons (Fsp3) is 0.905. The average Bonchev–Trinajstić information content (AvgIpc) is 2.49. The Kier molecular flexibility index (Phi) is 11.4. The topological polar surface area (TPSA) is 125 Å². The predicted molar refractivity (Wildman–Crippen MR) is 124 cm³/mol. The number of esters is 2. The molecule has 0 radical (unpaired) electrons. The van der Waals surface area contributed by atoms with E-state index in [4.69, 9.17) is 14.2 Å². The lowest BCUT2D eigenvalue weighted by Gasteiger charge is -2.29. The summed E-state index contributed by atoms with van der Waals surface area (Å²) in [6.07, 6.45) is -1.91. The summed E-state index contributed by atoms with van der Waals surface area (Å²) in [4.78, 5) is 36.0. The van der Waals surface area contributed by atoms with Gasteiger partial charge < -0.3 is 19.3 Å². The van der Waals surface area contributed by atoms with Crippen molar-refractivity contribution in [3.8, 4) is 0 Å². The van der Waals surface area contributed by atoms with Gasteiger partial charge in [0.05, 0.1) is 12.8 Å². The van der Waals surface area contributed by atoms with Crippen LogP contribution in [0.1, 0.15) is 93.9 Å². The maximum absolute atomic E-state index is 12.2. The molecule has 1 atom stereocenters. The summed E-state index contributed by atoms with van der Waals surface area (Å²) in [7, 11) is 0. The average molecular weight is 559 g/mol. The maximum atomic E-state index is 12.2. The van der Waals surface area contributed by atoms with Gasteiger partial charge in [0.25, 0.3) is 0 Å². The first-order chi connectivity index (χ1) is 13.7. The van der Waals surface area contributed by atoms with E-state index >= 15 is 0 Å². The highest BCUT2D eigenvalue weighted by atomic mass is 127. The Morgan fingerprint density at radius 3 is 1.58 bits per heavy atom. The Balaban J connectivity index is 5.42. The van der Waals surface area contributed by atoms with Gasteiger partial charge in [-0.1, -0.05) is 0 Å². The minimum Gasteiger partial charge on any atom is -0.460 e. The van der Waals surface area contributed by atoms with Crippen molar-refractivity contribution in [1.29, 1.82) is 0 Å². The third-order valence-electron chi connectivity index (χ3n) is 4.09. The Morgan fingerprint density at radius 2 is 1.29 bits per heavy atom. The third kappa shape index (κ3) is 14.6. The smallest absolute Gasteiger partial charge is 0.306 e. The zero-order chi connectivity index (χ0) is 24.7. The van der Waals surface area contributed by atoms with Crippen molar-refractivity contribution >= 4 is 34.5 Å². The number of rotatable bonds is 12. The fourth-order valence-electron chi connectivity index (χ4n) is 2.88. The lowest BCUT2D eigenvalue weighted by atomic mass is 9.84. The van der Waals surface area contributed by atoms with E-state index in [0.29, 0.717) is 0 Å². The fourth-order valence-corrected chi connectivity index (χ4v) is 3.17. The molecule has 31 heavy (non-hydrogen) atoms. The largest absolute Gasteiger partial charge is 0.460 e. The molecule has 0 aliphatic carbocycles. The van der Waals surface area contributed by atoms with E-state index in [-0.39, 0.29) is 38.5 Å². The molecule has 0 rings (SSSR count). The summed E-state index contributed by atoms with van der Waals surface area (Å²) < 4.78 is 15.3. The summed E-state index contributed by atoms with van der Waals surface area (Å²) in [5, 5.41) is 22.2. The van der Waals surface area contributed by atoms with Crippen molar-refractivity contribution in [3.63, 3.8) is 0 Å². The van der Waals surface area contributed by atoms with Crippen LogP contribution in [0.4, 0.5) is 0 Å². The molecule has 10 heteroatoms. The zero-order valence-corrected chi connectivity index (χ0v) is 22.1. The van der Waals surface area contributed by atoms with Gasteiger partial charge in [0.1, 0.15) is 14.8 Å². The van der Waals surface area contributed by atoms with Crippen molar-refractivity contribution < 1.29 is 33.8 Å². The number of alkyl halides is 1. The quantitative estimate of drug-likeness (QED) is 0.0924. The number of aliphatic hydroxyl groups excluding tert-OH is 1. The monoisotopic (exact) mass is 559 g/mol. The minimum absolute atomic E-state index is 0.0178. The number of hydrogen-bond donors (Lipinski definition) is 1. The highest BCUT2D eigenvalue weighted by molar-refractivity contribution is 14.1. The molecule has 0 bridgehead atoms. The maximum Gasteiger partial charge on any atom is 0.306 e. The van der Waals surface area contributed by atoms with Gasteiger partial charge in [-0.05, 0) is 78.0 Å². The summed E-state index contributed by atoms with van der Waals surface area (Å²) in [6.45, 7) is 13.8. The molecule has 182 valence electrons. The predicted octanol–water partition coefficient (Wildman–Crippen LogP) is 4.53. The Hall–Kier alpha value is -1.01. The molecular weight excluding hydrogens is 521 g/mol. The van der Waals surface area contributed by atoms with Crippen LogP contribution in [-0.4, -0.2) is 48.6 Å². The molecule has 0 aliphatic heterocycles. The van der Waals surface area contributed by atoms with E-state index in [0.717, 1.165) is 0 Å². The van der Waals surface area contributed by atoms with Crippen LogP contribution in [0.15, 0.2) is 0 Å². The van der Waals surface area contributed by atoms with Crippen molar-refractivity contribution in [2.75, 3.05) is 0 Å². The second kappa shape index (κ2) is 11.7. The first-order valence-corrected chi connectivity index (χ1v) is 11.5. The summed E-state index contributed by atoms with van der Waals surface area (Å²) >= 11 is 2.00. The van der Waals surface area contributed by atoms with Crippen LogP contribution in [0, 0.1) is 10.1 Å². The van der Waals surface area contributed by atoms with Crippen LogP contribution in [0.2, 0.25) is 0 Å².